The van der Waals surface area contributed by atoms with Gasteiger partial charge in [0.15, 0.2) is 0 Å². The van der Waals surface area contributed by atoms with Crippen molar-refractivity contribution in [2.24, 2.45) is 22.7 Å². The van der Waals surface area contributed by atoms with Crippen LogP contribution in [0.25, 0.3) is 0 Å². The normalized spacial score (nSPS) is 35.5. The maximum absolute atomic E-state index is 13.0. The Kier molecular flexibility index (Phi) is 4.65. The molecule has 2 aliphatic carbocycles. The number of fused-ring (bicyclic) bond motifs is 4. The molecule has 5 atom stereocenters. The highest BCUT2D eigenvalue weighted by molar-refractivity contribution is 8.04. The summed E-state index contributed by atoms with van der Waals surface area (Å²) in [5.41, 5.74) is 2.55. The number of carbonyl (C=O) groups is 2. The molecule has 28 heavy (non-hydrogen) atoms. The van der Waals surface area contributed by atoms with Crippen molar-refractivity contribution in [1.82, 2.24) is 0 Å². The Morgan fingerprint density at radius 3 is 2.29 bits per heavy atom. The van der Waals surface area contributed by atoms with Gasteiger partial charge in [-0.25, -0.2) is 0 Å². The lowest BCUT2D eigenvalue weighted by molar-refractivity contribution is -0.152. The van der Waals surface area contributed by atoms with Gasteiger partial charge in [0.25, 0.3) is 0 Å². The summed E-state index contributed by atoms with van der Waals surface area (Å²) in [5.74, 6) is -1.01. The Morgan fingerprint density at radius 1 is 1.04 bits per heavy atom. The average Bonchev–Trinajstić information content (AvgIpc) is 3.04. The number of hydrogen-bond acceptors (Lipinski definition) is 5. The number of thioether (sulfide) groups is 1. The first-order valence-corrected chi connectivity index (χ1v) is 10.8. The fraction of sp³-hybridized carbons (Fsp3) is 0.565. The van der Waals surface area contributed by atoms with Crippen molar-refractivity contribution in [2.45, 2.75) is 44.8 Å². The Labute approximate surface area is 171 Å². The summed E-state index contributed by atoms with van der Waals surface area (Å²) >= 11 is 1.55. The van der Waals surface area contributed by atoms with E-state index >= 15 is 0 Å². The van der Waals surface area contributed by atoms with Crippen molar-refractivity contribution >= 4 is 23.7 Å². The van der Waals surface area contributed by atoms with Crippen LogP contribution in [-0.2, 0) is 19.1 Å². The Balaban J connectivity index is 1.95. The van der Waals surface area contributed by atoms with Crippen molar-refractivity contribution in [3.63, 3.8) is 0 Å². The molecule has 0 N–H and O–H groups in total. The van der Waals surface area contributed by atoms with E-state index < -0.39 is 11.2 Å². The molecule has 0 radical (unpaired) electrons. The van der Waals surface area contributed by atoms with Gasteiger partial charge in [-0.15, -0.1) is 11.8 Å². The molecule has 0 aromatic heterocycles. The maximum atomic E-state index is 13.0. The summed E-state index contributed by atoms with van der Waals surface area (Å²) < 4.78 is 10.3. The number of esters is 2. The molecular formula is C23H28O4S. The summed E-state index contributed by atoms with van der Waals surface area (Å²) in [6, 6.07) is 10.1. The molecule has 1 aliphatic heterocycles. The van der Waals surface area contributed by atoms with Crippen molar-refractivity contribution < 1.29 is 19.1 Å². The zero-order valence-corrected chi connectivity index (χ0v) is 18.0. The summed E-state index contributed by atoms with van der Waals surface area (Å²) in [5, 5.41) is -0.589. The molecule has 1 fully saturated rings. The molecule has 1 aromatic carbocycles. The lowest BCUT2D eigenvalue weighted by Crippen LogP contribution is -2.43. The first kappa shape index (κ1) is 19.6. The minimum atomic E-state index is -0.589. The predicted octanol–water partition coefficient (Wildman–Crippen LogP) is 4.56. The largest absolute Gasteiger partial charge is 0.469 e. The van der Waals surface area contributed by atoms with Gasteiger partial charge in [-0.05, 0) is 40.2 Å². The van der Waals surface area contributed by atoms with E-state index in [0.717, 1.165) is 18.4 Å². The highest BCUT2D eigenvalue weighted by atomic mass is 32.2. The maximum Gasteiger partial charge on any atom is 0.320 e. The van der Waals surface area contributed by atoms with Crippen molar-refractivity contribution in [3.8, 4) is 0 Å². The molecule has 1 heterocycles. The van der Waals surface area contributed by atoms with Gasteiger partial charge in [-0.2, -0.15) is 0 Å². The SMILES string of the molecule is COC(=O)[C@H]1[C@@H](c2ccccc2)C2=C(S[C@H]1C(=O)OC)[C@]1(C)CC[C@H]2C1(C)C. The van der Waals surface area contributed by atoms with E-state index in [9.17, 15) is 9.59 Å². The van der Waals surface area contributed by atoms with Crippen LogP contribution in [0.1, 0.15) is 45.1 Å². The molecular weight excluding hydrogens is 372 g/mol. The second-order valence-electron chi connectivity index (χ2n) is 8.93. The first-order chi connectivity index (χ1) is 13.3. The molecule has 5 heteroatoms. The zero-order valence-electron chi connectivity index (χ0n) is 17.2. The van der Waals surface area contributed by atoms with Crippen LogP contribution in [0.3, 0.4) is 0 Å². The van der Waals surface area contributed by atoms with E-state index in [0.29, 0.717) is 5.92 Å². The van der Waals surface area contributed by atoms with Gasteiger partial charge in [-0.1, -0.05) is 51.1 Å². The third-order valence-electron chi connectivity index (χ3n) is 7.70. The monoisotopic (exact) mass is 400 g/mol. The molecule has 0 unspecified atom stereocenters. The fourth-order valence-electron chi connectivity index (χ4n) is 5.81. The number of hydrogen-bond donors (Lipinski definition) is 0. The number of ether oxygens (including phenoxy) is 2. The molecule has 0 saturated heterocycles. The standard InChI is InChI=1S/C23H28O4S/c1-22(2)14-11-12-23(22,3)19-16(14)15(13-9-7-6-8-10-13)17(20(24)26-4)18(28-19)21(25)27-5/h6-10,14-15,17-18H,11-12H2,1-5H3/t14-,15+,17+,18-,23+/m1/s1. The lowest BCUT2D eigenvalue weighted by atomic mass is 9.69. The molecule has 2 bridgehead atoms. The molecule has 0 spiro atoms. The molecule has 1 aromatic rings. The van der Waals surface area contributed by atoms with Gasteiger partial charge in [0, 0.05) is 11.3 Å². The zero-order chi connectivity index (χ0) is 20.3. The van der Waals surface area contributed by atoms with Crippen LogP contribution in [-0.4, -0.2) is 31.4 Å². The molecule has 4 nitrogen and oxygen atoms in total. The van der Waals surface area contributed by atoms with Gasteiger partial charge in [0.05, 0.1) is 20.1 Å². The smallest absolute Gasteiger partial charge is 0.320 e. The van der Waals surface area contributed by atoms with Crippen LogP contribution >= 0.6 is 11.8 Å². The van der Waals surface area contributed by atoms with Crippen LogP contribution in [0.4, 0.5) is 0 Å². The van der Waals surface area contributed by atoms with Crippen molar-refractivity contribution in [1.29, 1.82) is 0 Å². The summed E-state index contributed by atoms with van der Waals surface area (Å²) in [4.78, 5) is 27.0. The number of allylic oxidation sites excluding steroid dienone is 2. The number of benzene rings is 1. The van der Waals surface area contributed by atoms with Crippen LogP contribution in [0.2, 0.25) is 0 Å². The van der Waals surface area contributed by atoms with Crippen LogP contribution in [0.15, 0.2) is 40.8 Å². The predicted molar refractivity (Wildman–Crippen MR) is 110 cm³/mol. The van der Waals surface area contributed by atoms with Crippen molar-refractivity contribution in [2.75, 3.05) is 14.2 Å². The Bertz CT molecular complexity index is 843. The van der Waals surface area contributed by atoms with Crippen LogP contribution in [0, 0.1) is 22.7 Å². The van der Waals surface area contributed by atoms with Gasteiger partial charge in [-0.3, -0.25) is 9.59 Å². The number of methoxy groups -OCH3 is 2. The van der Waals surface area contributed by atoms with Crippen LogP contribution in [0.5, 0.6) is 0 Å². The minimum absolute atomic E-state index is 0.0259. The van der Waals surface area contributed by atoms with Crippen molar-refractivity contribution in [3.05, 3.63) is 46.4 Å². The van der Waals surface area contributed by atoms with Gasteiger partial charge < -0.3 is 9.47 Å². The molecule has 3 aliphatic rings. The Morgan fingerprint density at radius 2 is 1.68 bits per heavy atom. The second kappa shape index (κ2) is 6.65. The summed E-state index contributed by atoms with van der Waals surface area (Å²) in [6.45, 7) is 7.01. The third-order valence-corrected chi connectivity index (χ3v) is 9.36. The van der Waals surface area contributed by atoms with E-state index in [4.69, 9.17) is 9.47 Å². The number of rotatable bonds is 3. The molecule has 0 amide bonds. The topological polar surface area (TPSA) is 52.6 Å². The van der Waals surface area contributed by atoms with Crippen LogP contribution < -0.4 is 0 Å². The average molecular weight is 401 g/mol. The van der Waals surface area contributed by atoms with E-state index in [1.807, 2.05) is 18.2 Å². The quantitative estimate of drug-likeness (QED) is 0.696. The highest BCUT2D eigenvalue weighted by Gasteiger charge is 2.65. The summed E-state index contributed by atoms with van der Waals surface area (Å²) in [7, 11) is 2.80. The van der Waals surface area contributed by atoms with Gasteiger partial charge in [0.1, 0.15) is 5.25 Å². The highest BCUT2D eigenvalue weighted by Crippen LogP contribution is 2.74. The Hall–Kier alpha value is -1.75. The number of carbonyl (C=O) groups excluding carboxylic acids is 2. The lowest BCUT2D eigenvalue weighted by Gasteiger charge is -2.42. The van der Waals surface area contributed by atoms with E-state index in [2.05, 4.69) is 32.9 Å². The fourth-order valence-corrected chi connectivity index (χ4v) is 7.70. The minimum Gasteiger partial charge on any atom is -0.469 e. The van der Waals surface area contributed by atoms with Gasteiger partial charge >= 0.3 is 11.9 Å². The van der Waals surface area contributed by atoms with E-state index in [1.54, 1.807) is 11.8 Å². The molecule has 1 saturated carbocycles. The van der Waals surface area contributed by atoms with E-state index in [-0.39, 0.29) is 28.7 Å². The van der Waals surface area contributed by atoms with E-state index in [1.165, 1.54) is 24.7 Å². The summed E-state index contributed by atoms with van der Waals surface area (Å²) in [6.07, 6.45) is 2.25. The molecule has 4 rings (SSSR count). The first-order valence-electron chi connectivity index (χ1n) is 9.89. The second-order valence-corrected chi connectivity index (χ2v) is 10.1. The third kappa shape index (κ3) is 2.44. The molecule has 150 valence electrons. The van der Waals surface area contributed by atoms with Gasteiger partial charge in [0.2, 0.25) is 0 Å².